The van der Waals surface area contributed by atoms with Crippen molar-refractivity contribution in [2.75, 3.05) is 32.2 Å². The van der Waals surface area contributed by atoms with Crippen molar-refractivity contribution in [2.45, 2.75) is 31.9 Å². The molecule has 0 radical (unpaired) electrons. The van der Waals surface area contributed by atoms with E-state index in [1.54, 1.807) is 13.3 Å². The van der Waals surface area contributed by atoms with E-state index >= 15 is 0 Å². The van der Waals surface area contributed by atoms with E-state index in [0.717, 1.165) is 55.5 Å². The Morgan fingerprint density at radius 1 is 1.38 bits per heavy atom. The van der Waals surface area contributed by atoms with Crippen LogP contribution in [0.5, 0.6) is 5.75 Å². The number of rotatable bonds is 4. The molecular weight excluding hydrogens is 306 g/mol. The lowest BCUT2D eigenvalue weighted by molar-refractivity contribution is -0.00644. The Labute approximate surface area is 141 Å². The van der Waals surface area contributed by atoms with Gasteiger partial charge in [-0.1, -0.05) is 0 Å². The summed E-state index contributed by atoms with van der Waals surface area (Å²) >= 11 is 0. The number of fused-ring (bicyclic) bond motifs is 1. The summed E-state index contributed by atoms with van der Waals surface area (Å²) in [5.74, 6) is 1.52. The van der Waals surface area contributed by atoms with E-state index in [9.17, 15) is 0 Å². The second-order valence-corrected chi connectivity index (χ2v) is 6.41. The van der Waals surface area contributed by atoms with Crippen LogP contribution in [0.15, 0.2) is 29.1 Å². The van der Waals surface area contributed by atoms with Crippen molar-refractivity contribution in [2.24, 2.45) is 0 Å². The molecule has 3 heterocycles. The molecule has 1 aromatic heterocycles. The van der Waals surface area contributed by atoms with Crippen molar-refractivity contribution in [3.8, 4) is 17.1 Å². The van der Waals surface area contributed by atoms with Crippen LogP contribution in [0.4, 0.5) is 5.69 Å². The predicted octanol–water partition coefficient (Wildman–Crippen LogP) is 3.10. The van der Waals surface area contributed by atoms with Gasteiger partial charge in [-0.05, 0) is 30.9 Å². The first-order chi connectivity index (χ1) is 11.8. The first-order valence-corrected chi connectivity index (χ1v) is 8.51. The Kier molecular flexibility index (Phi) is 4.40. The van der Waals surface area contributed by atoms with Gasteiger partial charge in [0.15, 0.2) is 12.2 Å². The van der Waals surface area contributed by atoms with Crippen LogP contribution in [0, 0.1) is 0 Å². The van der Waals surface area contributed by atoms with Crippen LogP contribution in [0.25, 0.3) is 11.3 Å². The lowest BCUT2D eigenvalue weighted by Gasteiger charge is -2.34. The van der Waals surface area contributed by atoms with Gasteiger partial charge in [0.25, 0.3) is 0 Å². The standard InChI is InChI=1S/C18H23N3O3/c1-22-17-7-16-13(6-15(17)18-8-19-12-24-18)9-21(11-20-16)10-14-4-2-3-5-23-14/h6-8,12,14,20H,2-5,9-11H2,1H3. The van der Waals surface area contributed by atoms with Crippen molar-refractivity contribution >= 4 is 5.69 Å². The molecule has 2 aliphatic rings. The molecule has 0 bridgehead atoms. The van der Waals surface area contributed by atoms with Crippen LogP contribution >= 0.6 is 0 Å². The monoisotopic (exact) mass is 329 g/mol. The van der Waals surface area contributed by atoms with Crippen molar-refractivity contribution < 1.29 is 13.9 Å². The number of anilines is 1. The number of ether oxygens (including phenoxy) is 2. The molecule has 0 aliphatic carbocycles. The van der Waals surface area contributed by atoms with Crippen molar-refractivity contribution in [1.82, 2.24) is 9.88 Å². The Morgan fingerprint density at radius 3 is 3.08 bits per heavy atom. The van der Waals surface area contributed by atoms with Gasteiger partial charge in [0.05, 0.1) is 31.6 Å². The Balaban J connectivity index is 1.55. The quantitative estimate of drug-likeness (QED) is 0.930. The molecule has 1 N–H and O–H groups in total. The fourth-order valence-corrected chi connectivity index (χ4v) is 3.49. The van der Waals surface area contributed by atoms with Crippen LogP contribution in [-0.4, -0.2) is 42.9 Å². The number of benzene rings is 1. The molecule has 128 valence electrons. The van der Waals surface area contributed by atoms with Crippen LogP contribution in [0.1, 0.15) is 24.8 Å². The summed E-state index contributed by atoms with van der Waals surface area (Å²) in [6, 6.07) is 4.18. The van der Waals surface area contributed by atoms with Crippen molar-refractivity contribution in [1.29, 1.82) is 0 Å². The lowest BCUT2D eigenvalue weighted by Crippen LogP contribution is -2.40. The third kappa shape index (κ3) is 3.12. The van der Waals surface area contributed by atoms with Gasteiger partial charge in [-0.25, -0.2) is 4.98 Å². The lowest BCUT2D eigenvalue weighted by atomic mass is 10.0. The van der Waals surface area contributed by atoms with Crippen LogP contribution in [-0.2, 0) is 11.3 Å². The minimum Gasteiger partial charge on any atom is -0.496 e. The summed E-state index contributed by atoms with van der Waals surface area (Å²) in [6.45, 7) is 3.59. The van der Waals surface area contributed by atoms with Gasteiger partial charge in [0.2, 0.25) is 0 Å². The van der Waals surface area contributed by atoms with Crippen LogP contribution in [0.3, 0.4) is 0 Å². The minimum absolute atomic E-state index is 0.356. The normalized spacial score (nSPS) is 21.1. The van der Waals surface area contributed by atoms with Gasteiger partial charge in [-0.3, -0.25) is 4.90 Å². The molecule has 6 heteroatoms. The maximum Gasteiger partial charge on any atom is 0.181 e. The van der Waals surface area contributed by atoms with E-state index in [4.69, 9.17) is 13.9 Å². The molecule has 1 aromatic carbocycles. The molecule has 1 fully saturated rings. The van der Waals surface area contributed by atoms with Gasteiger partial charge in [0, 0.05) is 31.5 Å². The van der Waals surface area contributed by atoms with E-state index in [0.29, 0.717) is 6.10 Å². The number of methoxy groups -OCH3 is 1. The van der Waals surface area contributed by atoms with Crippen molar-refractivity contribution in [3.05, 3.63) is 30.3 Å². The summed E-state index contributed by atoms with van der Waals surface area (Å²) in [6.07, 6.45) is 7.14. The molecule has 1 atom stereocenters. The second kappa shape index (κ2) is 6.83. The maximum atomic E-state index is 5.88. The second-order valence-electron chi connectivity index (χ2n) is 6.41. The zero-order chi connectivity index (χ0) is 16.4. The number of nitrogens with zero attached hydrogens (tertiary/aromatic N) is 2. The van der Waals surface area contributed by atoms with E-state index in [-0.39, 0.29) is 0 Å². The average Bonchev–Trinajstić information content (AvgIpc) is 3.16. The summed E-state index contributed by atoms with van der Waals surface area (Å²) in [4.78, 5) is 6.41. The molecule has 24 heavy (non-hydrogen) atoms. The van der Waals surface area contributed by atoms with Crippen molar-refractivity contribution in [3.63, 3.8) is 0 Å². The smallest absolute Gasteiger partial charge is 0.181 e. The van der Waals surface area contributed by atoms with Gasteiger partial charge < -0.3 is 19.2 Å². The van der Waals surface area contributed by atoms with Gasteiger partial charge in [-0.15, -0.1) is 0 Å². The predicted molar refractivity (Wildman–Crippen MR) is 91.0 cm³/mol. The van der Waals surface area contributed by atoms with E-state index in [2.05, 4.69) is 21.3 Å². The molecule has 0 amide bonds. The van der Waals surface area contributed by atoms with Gasteiger partial charge in [-0.2, -0.15) is 0 Å². The van der Waals surface area contributed by atoms with E-state index in [1.165, 1.54) is 24.8 Å². The summed E-state index contributed by atoms with van der Waals surface area (Å²) in [5.41, 5.74) is 3.30. The number of hydrogen-bond acceptors (Lipinski definition) is 6. The molecule has 4 rings (SSSR count). The molecule has 1 unspecified atom stereocenters. The fraction of sp³-hybridized carbons (Fsp3) is 0.500. The highest BCUT2D eigenvalue weighted by Crippen LogP contribution is 2.36. The van der Waals surface area contributed by atoms with E-state index in [1.807, 2.05) is 6.07 Å². The summed E-state index contributed by atoms with van der Waals surface area (Å²) < 4.78 is 16.9. The highest BCUT2D eigenvalue weighted by molar-refractivity contribution is 5.72. The first-order valence-electron chi connectivity index (χ1n) is 8.51. The van der Waals surface area contributed by atoms with Gasteiger partial charge in [0.1, 0.15) is 5.75 Å². The fourth-order valence-electron chi connectivity index (χ4n) is 3.49. The Bertz CT molecular complexity index is 681. The third-order valence-corrected chi connectivity index (χ3v) is 4.75. The molecular formula is C18H23N3O3. The topological polar surface area (TPSA) is 59.8 Å². The Hall–Kier alpha value is -2.05. The zero-order valence-corrected chi connectivity index (χ0v) is 14.0. The first kappa shape index (κ1) is 15.5. The molecule has 2 aromatic rings. The molecule has 2 aliphatic heterocycles. The zero-order valence-electron chi connectivity index (χ0n) is 14.0. The van der Waals surface area contributed by atoms with Crippen LogP contribution in [0.2, 0.25) is 0 Å². The number of aromatic nitrogens is 1. The SMILES string of the molecule is COc1cc2c(cc1-c1cnco1)CN(CC1CCCCO1)CN2. The molecule has 1 saturated heterocycles. The Morgan fingerprint density at radius 2 is 2.33 bits per heavy atom. The van der Waals surface area contributed by atoms with Gasteiger partial charge >= 0.3 is 0 Å². The minimum atomic E-state index is 0.356. The molecule has 6 nitrogen and oxygen atoms in total. The maximum absolute atomic E-state index is 5.88. The molecule has 0 spiro atoms. The highest BCUT2D eigenvalue weighted by atomic mass is 16.5. The van der Waals surface area contributed by atoms with Crippen LogP contribution < -0.4 is 10.1 Å². The number of hydrogen-bond donors (Lipinski definition) is 1. The average molecular weight is 329 g/mol. The highest BCUT2D eigenvalue weighted by Gasteiger charge is 2.23. The van der Waals surface area contributed by atoms with E-state index < -0.39 is 0 Å². The summed E-state index contributed by atoms with van der Waals surface area (Å²) in [7, 11) is 1.68. The largest absolute Gasteiger partial charge is 0.496 e. The molecule has 0 saturated carbocycles. The summed E-state index contributed by atoms with van der Waals surface area (Å²) in [5, 5.41) is 3.49. The number of oxazole rings is 1. The number of nitrogens with one attached hydrogen (secondary N) is 1. The third-order valence-electron chi connectivity index (χ3n) is 4.75.